The van der Waals surface area contributed by atoms with Crippen LogP contribution in [0.2, 0.25) is 0 Å². The zero-order valence-electron chi connectivity index (χ0n) is 11.7. The Kier molecular flexibility index (Phi) is 4.06. The van der Waals surface area contributed by atoms with Gasteiger partial charge in [-0.25, -0.2) is 4.98 Å². The second kappa shape index (κ2) is 6.13. The zero-order valence-corrected chi connectivity index (χ0v) is 12.5. The second-order valence-electron chi connectivity index (χ2n) is 4.78. The van der Waals surface area contributed by atoms with Crippen LogP contribution in [0.1, 0.15) is 27.5 Å². The Morgan fingerprint density at radius 2 is 2.14 bits per heavy atom. The van der Waals surface area contributed by atoms with Crippen LogP contribution in [-0.2, 0) is 6.54 Å². The molecule has 0 fully saturated rings. The van der Waals surface area contributed by atoms with E-state index in [0.29, 0.717) is 36.8 Å². The Balaban J connectivity index is 1.68. The summed E-state index contributed by atoms with van der Waals surface area (Å²) in [6, 6.07) is 5.25. The van der Waals surface area contributed by atoms with Gasteiger partial charge in [0, 0.05) is 23.1 Å². The number of amides is 1. The number of rotatable bonds is 3. The molecule has 0 atom stereocenters. The first-order chi connectivity index (χ1) is 10.2. The third kappa shape index (κ3) is 3.33. The highest BCUT2D eigenvalue weighted by Crippen LogP contribution is 2.30. The first-order valence-corrected chi connectivity index (χ1v) is 7.69. The molecule has 0 bridgehead atoms. The predicted octanol–water partition coefficient (Wildman–Crippen LogP) is 2.54. The van der Waals surface area contributed by atoms with Crippen LogP contribution in [0.5, 0.6) is 11.5 Å². The van der Waals surface area contributed by atoms with Crippen LogP contribution in [0.3, 0.4) is 0 Å². The summed E-state index contributed by atoms with van der Waals surface area (Å²) in [7, 11) is 0. The lowest BCUT2D eigenvalue weighted by molar-refractivity contribution is 0.0950. The highest BCUT2D eigenvalue weighted by Gasteiger charge is 2.14. The van der Waals surface area contributed by atoms with E-state index in [2.05, 4.69) is 10.3 Å². The van der Waals surface area contributed by atoms with Crippen molar-refractivity contribution >= 4 is 17.2 Å². The van der Waals surface area contributed by atoms with E-state index in [1.807, 2.05) is 12.3 Å². The smallest absolute Gasteiger partial charge is 0.251 e. The molecule has 3 rings (SSSR count). The predicted molar refractivity (Wildman–Crippen MR) is 80.1 cm³/mol. The SMILES string of the molecule is Cc1csc(CNC(=O)c2ccc3c(c2)OCCCO3)n1. The molecule has 0 saturated heterocycles. The van der Waals surface area contributed by atoms with Crippen molar-refractivity contribution in [3.8, 4) is 11.5 Å². The summed E-state index contributed by atoms with van der Waals surface area (Å²) in [6.45, 7) is 3.62. The number of hydrogen-bond acceptors (Lipinski definition) is 5. The molecule has 1 aromatic heterocycles. The Hall–Kier alpha value is -2.08. The third-order valence-electron chi connectivity index (χ3n) is 3.08. The van der Waals surface area contributed by atoms with Crippen molar-refractivity contribution in [2.75, 3.05) is 13.2 Å². The third-order valence-corrected chi connectivity index (χ3v) is 4.04. The fraction of sp³-hybridized carbons (Fsp3) is 0.333. The van der Waals surface area contributed by atoms with Crippen LogP contribution in [0, 0.1) is 6.92 Å². The van der Waals surface area contributed by atoms with Crippen LogP contribution < -0.4 is 14.8 Å². The van der Waals surface area contributed by atoms with Gasteiger partial charge in [0.1, 0.15) is 5.01 Å². The fourth-order valence-corrected chi connectivity index (χ4v) is 2.76. The van der Waals surface area contributed by atoms with Crippen molar-refractivity contribution in [2.24, 2.45) is 0 Å². The van der Waals surface area contributed by atoms with Crippen molar-refractivity contribution in [3.63, 3.8) is 0 Å². The molecule has 0 radical (unpaired) electrons. The van der Waals surface area contributed by atoms with E-state index in [1.165, 1.54) is 0 Å². The van der Waals surface area contributed by atoms with Gasteiger partial charge < -0.3 is 14.8 Å². The first-order valence-electron chi connectivity index (χ1n) is 6.81. The van der Waals surface area contributed by atoms with E-state index in [1.54, 1.807) is 29.5 Å². The lowest BCUT2D eigenvalue weighted by atomic mass is 10.2. The Bertz CT molecular complexity index is 654. The van der Waals surface area contributed by atoms with Gasteiger partial charge in [-0.3, -0.25) is 4.79 Å². The molecule has 1 N–H and O–H groups in total. The Morgan fingerprint density at radius 1 is 1.33 bits per heavy atom. The Morgan fingerprint density at radius 3 is 2.90 bits per heavy atom. The van der Waals surface area contributed by atoms with E-state index >= 15 is 0 Å². The standard InChI is InChI=1S/C15H16N2O3S/c1-10-9-21-14(17-10)8-16-15(18)11-3-4-12-13(7-11)20-6-2-5-19-12/h3-4,7,9H,2,5-6,8H2,1H3,(H,16,18). The minimum absolute atomic E-state index is 0.140. The number of thiazole rings is 1. The number of carbonyl (C=O) groups excluding carboxylic acids is 1. The van der Waals surface area contributed by atoms with Crippen LogP contribution in [0.4, 0.5) is 0 Å². The number of nitrogens with zero attached hydrogens (tertiary/aromatic N) is 1. The number of nitrogens with one attached hydrogen (secondary N) is 1. The van der Waals surface area contributed by atoms with Crippen molar-refractivity contribution < 1.29 is 14.3 Å². The molecule has 110 valence electrons. The maximum absolute atomic E-state index is 12.2. The maximum Gasteiger partial charge on any atom is 0.251 e. The maximum atomic E-state index is 12.2. The Labute approximate surface area is 126 Å². The largest absolute Gasteiger partial charge is 0.490 e. The van der Waals surface area contributed by atoms with Gasteiger partial charge in [-0.1, -0.05) is 0 Å². The minimum Gasteiger partial charge on any atom is -0.490 e. The summed E-state index contributed by atoms with van der Waals surface area (Å²) in [4.78, 5) is 16.5. The molecular weight excluding hydrogens is 288 g/mol. The quantitative estimate of drug-likeness (QED) is 0.946. The number of aryl methyl sites for hydroxylation is 1. The highest BCUT2D eigenvalue weighted by atomic mass is 32.1. The molecule has 1 amide bonds. The summed E-state index contributed by atoms with van der Waals surface area (Å²) in [5, 5.41) is 5.73. The summed E-state index contributed by atoms with van der Waals surface area (Å²) in [6.07, 6.45) is 0.847. The average Bonchev–Trinajstić information content (AvgIpc) is 2.77. The zero-order chi connectivity index (χ0) is 14.7. The summed E-state index contributed by atoms with van der Waals surface area (Å²) in [5.41, 5.74) is 1.53. The van der Waals surface area contributed by atoms with Gasteiger partial charge in [-0.15, -0.1) is 11.3 Å². The second-order valence-corrected chi connectivity index (χ2v) is 5.72. The topological polar surface area (TPSA) is 60.5 Å². The molecular formula is C15H16N2O3S. The lowest BCUT2D eigenvalue weighted by Gasteiger charge is -2.09. The van der Waals surface area contributed by atoms with E-state index in [9.17, 15) is 4.79 Å². The molecule has 0 aliphatic carbocycles. The van der Waals surface area contributed by atoms with Crippen molar-refractivity contribution in [1.82, 2.24) is 10.3 Å². The molecule has 2 aromatic rings. The van der Waals surface area contributed by atoms with Crippen LogP contribution in [-0.4, -0.2) is 24.1 Å². The van der Waals surface area contributed by atoms with Gasteiger partial charge in [-0.2, -0.15) is 0 Å². The van der Waals surface area contributed by atoms with Crippen LogP contribution in [0.15, 0.2) is 23.6 Å². The first kappa shape index (κ1) is 13.9. The van der Waals surface area contributed by atoms with Gasteiger partial charge in [0.2, 0.25) is 0 Å². The number of aromatic nitrogens is 1. The minimum atomic E-state index is -0.140. The van der Waals surface area contributed by atoms with E-state index in [-0.39, 0.29) is 5.91 Å². The summed E-state index contributed by atoms with van der Waals surface area (Å²) < 4.78 is 11.1. The molecule has 1 aliphatic rings. The van der Waals surface area contributed by atoms with E-state index in [0.717, 1.165) is 17.1 Å². The summed E-state index contributed by atoms with van der Waals surface area (Å²) >= 11 is 1.54. The number of benzene rings is 1. The molecule has 0 unspecified atom stereocenters. The number of fused-ring (bicyclic) bond motifs is 1. The van der Waals surface area contributed by atoms with Crippen molar-refractivity contribution in [3.05, 3.63) is 39.8 Å². The lowest BCUT2D eigenvalue weighted by Crippen LogP contribution is -2.22. The molecule has 0 spiro atoms. The van der Waals surface area contributed by atoms with Gasteiger partial charge in [0.05, 0.1) is 19.8 Å². The molecule has 2 heterocycles. The van der Waals surface area contributed by atoms with Crippen LogP contribution >= 0.6 is 11.3 Å². The van der Waals surface area contributed by atoms with Gasteiger partial charge in [0.25, 0.3) is 5.91 Å². The van der Waals surface area contributed by atoms with E-state index < -0.39 is 0 Å². The van der Waals surface area contributed by atoms with E-state index in [4.69, 9.17) is 9.47 Å². The molecule has 1 aliphatic heterocycles. The molecule has 0 saturated carbocycles. The number of carbonyl (C=O) groups is 1. The molecule has 1 aromatic carbocycles. The number of ether oxygens (including phenoxy) is 2. The normalized spacial score (nSPS) is 13.6. The van der Waals surface area contributed by atoms with Crippen LogP contribution in [0.25, 0.3) is 0 Å². The summed E-state index contributed by atoms with van der Waals surface area (Å²) in [5.74, 6) is 1.18. The average molecular weight is 304 g/mol. The van der Waals surface area contributed by atoms with Gasteiger partial charge in [-0.05, 0) is 25.1 Å². The van der Waals surface area contributed by atoms with Gasteiger partial charge in [0.15, 0.2) is 11.5 Å². The number of hydrogen-bond donors (Lipinski definition) is 1. The highest BCUT2D eigenvalue weighted by molar-refractivity contribution is 7.09. The van der Waals surface area contributed by atoms with Crippen molar-refractivity contribution in [1.29, 1.82) is 0 Å². The fourth-order valence-electron chi connectivity index (χ4n) is 2.05. The monoisotopic (exact) mass is 304 g/mol. The molecule has 5 nitrogen and oxygen atoms in total. The van der Waals surface area contributed by atoms with Crippen molar-refractivity contribution in [2.45, 2.75) is 19.9 Å². The van der Waals surface area contributed by atoms with Gasteiger partial charge >= 0.3 is 0 Å². The molecule has 6 heteroatoms. The molecule has 21 heavy (non-hydrogen) atoms.